The number of hydrogen-bond acceptors (Lipinski definition) is 6. The first-order chi connectivity index (χ1) is 18.7. The molecule has 0 bridgehead atoms. The van der Waals surface area contributed by atoms with Gasteiger partial charge in [0, 0.05) is 34.6 Å². The molecule has 0 radical (unpaired) electrons. The van der Waals surface area contributed by atoms with E-state index < -0.39 is 5.41 Å². The minimum Gasteiger partial charge on any atom is -0.399 e. The number of nitrogens with one attached hydrogen (secondary N) is 1. The fraction of sp³-hybridized carbons (Fsp3) is 0.516. The summed E-state index contributed by atoms with van der Waals surface area (Å²) >= 11 is 12.2. The Kier molecular flexibility index (Phi) is 14.9. The first kappa shape index (κ1) is 35.6. The maximum Gasteiger partial charge on any atom is 0.240 e. The molecule has 1 saturated carbocycles. The van der Waals surface area contributed by atoms with Crippen LogP contribution in [0.2, 0.25) is 10.0 Å². The third-order valence-electron chi connectivity index (χ3n) is 7.41. The molecule has 3 rings (SSSR count). The van der Waals surface area contributed by atoms with Gasteiger partial charge in [0.25, 0.3) is 0 Å². The third kappa shape index (κ3) is 9.88. The summed E-state index contributed by atoms with van der Waals surface area (Å²) in [5.74, 6) is -0.148. The SMILES string of the molecule is CC(=O)C1CCC(N)C1.CCC(c1ccc(N)cc1)[C@](C)(CC)C(=O)N(C(C)=O)c1cc(Cl)cc(Cl)c1.CNC. The number of amides is 2. The molecule has 40 heavy (non-hydrogen) atoms. The van der Waals surface area contributed by atoms with Gasteiger partial charge in [0.2, 0.25) is 11.8 Å². The monoisotopic (exact) mass is 592 g/mol. The molecule has 4 atom stereocenters. The second-order valence-electron chi connectivity index (χ2n) is 10.6. The van der Waals surface area contributed by atoms with E-state index in [4.69, 9.17) is 34.7 Å². The Morgan fingerprint density at radius 3 is 1.90 bits per heavy atom. The molecule has 9 heteroatoms. The van der Waals surface area contributed by atoms with Gasteiger partial charge >= 0.3 is 0 Å². The van der Waals surface area contributed by atoms with E-state index in [1.54, 1.807) is 25.1 Å². The summed E-state index contributed by atoms with van der Waals surface area (Å²) < 4.78 is 0. The smallest absolute Gasteiger partial charge is 0.240 e. The number of benzene rings is 2. The molecule has 2 aromatic carbocycles. The highest BCUT2D eigenvalue weighted by atomic mass is 35.5. The summed E-state index contributed by atoms with van der Waals surface area (Å²) in [6.45, 7) is 8.93. The summed E-state index contributed by atoms with van der Waals surface area (Å²) in [5, 5.41) is 3.48. The number of Topliss-reactive ketones (excluding diaryl/α,β-unsaturated/α-hetero) is 1. The lowest BCUT2D eigenvalue weighted by Crippen LogP contribution is -2.47. The number of carbonyl (C=O) groups is 3. The van der Waals surface area contributed by atoms with E-state index in [0.717, 1.165) is 31.2 Å². The van der Waals surface area contributed by atoms with Crippen molar-refractivity contribution in [2.45, 2.75) is 78.7 Å². The molecular formula is C31H46Cl2N4O3. The number of nitrogen functional groups attached to an aromatic ring is 1. The summed E-state index contributed by atoms with van der Waals surface area (Å²) in [7, 11) is 3.75. The Morgan fingerprint density at radius 2 is 1.55 bits per heavy atom. The number of ketones is 1. The Bertz CT molecular complexity index is 1110. The average molecular weight is 594 g/mol. The lowest BCUT2D eigenvalue weighted by atomic mass is 9.69. The number of nitrogens with zero attached hydrogens (tertiary/aromatic N) is 1. The molecule has 2 aromatic rings. The predicted molar refractivity (Wildman–Crippen MR) is 168 cm³/mol. The van der Waals surface area contributed by atoms with Gasteiger partial charge in [0.1, 0.15) is 5.78 Å². The van der Waals surface area contributed by atoms with Gasteiger partial charge in [-0.1, -0.05) is 56.1 Å². The van der Waals surface area contributed by atoms with Crippen LogP contribution in [-0.2, 0) is 14.4 Å². The van der Waals surface area contributed by atoms with Crippen LogP contribution in [0.1, 0.15) is 78.2 Å². The predicted octanol–water partition coefficient (Wildman–Crippen LogP) is 6.60. The quantitative estimate of drug-likeness (QED) is 0.311. The number of halogens is 2. The van der Waals surface area contributed by atoms with Gasteiger partial charge < -0.3 is 16.8 Å². The zero-order chi connectivity index (χ0) is 30.6. The summed E-state index contributed by atoms with van der Waals surface area (Å²) in [6, 6.07) is 12.6. The fourth-order valence-electron chi connectivity index (χ4n) is 5.08. The van der Waals surface area contributed by atoms with Crippen molar-refractivity contribution in [3.8, 4) is 0 Å². The Labute approximate surface area is 250 Å². The second kappa shape index (κ2) is 16.7. The van der Waals surface area contributed by atoms with Crippen LogP contribution in [0, 0.1) is 11.3 Å². The topological polar surface area (TPSA) is 119 Å². The van der Waals surface area contributed by atoms with Crippen LogP contribution in [-0.4, -0.2) is 37.7 Å². The standard InChI is InChI=1S/C22H26Cl2N2O2.C7H13NO.C2H7N/c1-5-20(15-7-9-18(25)10-8-15)22(4,6-2)21(28)26(14(3)27)19-12-16(23)11-17(24)13-19;1-5(9)6-2-3-7(8)4-6;1-3-2/h7-13,20H,5-6,25H2,1-4H3;6-7H,2-4,8H2,1H3;3H,1-2H3/t20?,22-;;/m0../s1. The summed E-state index contributed by atoms with van der Waals surface area (Å²) in [4.78, 5) is 38.1. The maximum absolute atomic E-state index is 13.7. The van der Waals surface area contributed by atoms with E-state index in [-0.39, 0.29) is 23.7 Å². The van der Waals surface area contributed by atoms with Gasteiger partial charge in [0.15, 0.2) is 0 Å². The molecule has 7 nitrogen and oxygen atoms in total. The lowest BCUT2D eigenvalue weighted by molar-refractivity contribution is -0.133. The van der Waals surface area contributed by atoms with Crippen LogP contribution >= 0.6 is 23.2 Å². The van der Waals surface area contributed by atoms with E-state index in [2.05, 4.69) is 5.32 Å². The van der Waals surface area contributed by atoms with Crippen molar-refractivity contribution in [1.82, 2.24) is 5.32 Å². The molecule has 2 amide bonds. The Morgan fingerprint density at radius 1 is 1.02 bits per heavy atom. The van der Waals surface area contributed by atoms with Crippen LogP contribution in [0.25, 0.3) is 0 Å². The molecule has 1 aliphatic carbocycles. The normalized spacial score (nSPS) is 18.2. The van der Waals surface area contributed by atoms with E-state index >= 15 is 0 Å². The van der Waals surface area contributed by atoms with Gasteiger partial charge in [-0.3, -0.25) is 19.3 Å². The highest BCUT2D eigenvalue weighted by Crippen LogP contribution is 2.44. The van der Waals surface area contributed by atoms with Crippen molar-refractivity contribution >= 4 is 52.2 Å². The molecule has 5 N–H and O–H groups in total. The first-order valence-electron chi connectivity index (χ1n) is 13.8. The molecule has 0 aliphatic heterocycles. The molecular weight excluding hydrogens is 547 g/mol. The number of anilines is 2. The van der Waals surface area contributed by atoms with Gasteiger partial charge in [0.05, 0.1) is 11.1 Å². The average Bonchev–Trinajstić information content (AvgIpc) is 3.32. The van der Waals surface area contributed by atoms with Crippen molar-refractivity contribution in [2.75, 3.05) is 24.7 Å². The second-order valence-corrected chi connectivity index (χ2v) is 11.4. The minimum absolute atomic E-state index is 0.0814. The molecule has 0 saturated heterocycles. The van der Waals surface area contributed by atoms with Crippen LogP contribution in [0.3, 0.4) is 0 Å². The number of nitrogens with two attached hydrogens (primary N) is 2. The zero-order valence-corrected chi connectivity index (χ0v) is 26.4. The molecule has 0 aromatic heterocycles. The van der Waals surface area contributed by atoms with Crippen molar-refractivity contribution in [1.29, 1.82) is 0 Å². The highest BCUT2D eigenvalue weighted by Gasteiger charge is 2.43. The molecule has 1 aliphatic rings. The van der Waals surface area contributed by atoms with Gasteiger partial charge in [-0.2, -0.15) is 0 Å². The van der Waals surface area contributed by atoms with E-state index in [9.17, 15) is 14.4 Å². The summed E-state index contributed by atoms with van der Waals surface area (Å²) in [6.07, 6.45) is 4.25. The highest BCUT2D eigenvalue weighted by molar-refractivity contribution is 6.35. The molecule has 0 heterocycles. The minimum atomic E-state index is -0.800. The van der Waals surface area contributed by atoms with Crippen LogP contribution in [0.5, 0.6) is 0 Å². The third-order valence-corrected chi connectivity index (χ3v) is 7.85. The van der Waals surface area contributed by atoms with E-state index in [0.29, 0.717) is 39.7 Å². The van der Waals surface area contributed by atoms with Crippen LogP contribution in [0.15, 0.2) is 42.5 Å². The first-order valence-corrected chi connectivity index (χ1v) is 14.5. The van der Waals surface area contributed by atoms with Gasteiger partial charge in [-0.25, -0.2) is 0 Å². The maximum atomic E-state index is 13.7. The number of rotatable bonds is 7. The molecule has 0 spiro atoms. The number of imide groups is 1. The van der Waals surface area contributed by atoms with Crippen LogP contribution < -0.4 is 21.7 Å². The largest absolute Gasteiger partial charge is 0.399 e. The Hall–Kier alpha value is -2.45. The Balaban J connectivity index is 0.000000552. The van der Waals surface area contributed by atoms with Gasteiger partial charge in [-0.15, -0.1) is 0 Å². The fourth-order valence-corrected chi connectivity index (χ4v) is 5.60. The van der Waals surface area contributed by atoms with Crippen molar-refractivity contribution in [3.05, 3.63) is 58.1 Å². The van der Waals surface area contributed by atoms with Crippen molar-refractivity contribution in [3.63, 3.8) is 0 Å². The molecule has 1 fully saturated rings. The van der Waals surface area contributed by atoms with Gasteiger partial charge in [-0.05, 0) is 94.9 Å². The lowest BCUT2D eigenvalue weighted by Gasteiger charge is -2.39. The van der Waals surface area contributed by atoms with E-state index in [1.165, 1.54) is 11.8 Å². The molecule has 3 unspecified atom stereocenters. The number of hydrogen-bond donors (Lipinski definition) is 3. The van der Waals surface area contributed by atoms with E-state index in [1.807, 2.05) is 59.1 Å². The van der Waals surface area contributed by atoms with Crippen molar-refractivity contribution < 1.29 is 14.4 Å². The number of carbonyl (C=O) groups excluding carboxylic acids is 3. The van der Waals surface area contributed by atoms with Crippen LogP contribution in [0.4, 0.5) is 11.4 Å². The molecule has 222 valence electrons. The zero-order valence-electron chi connectivity index (χ0n) is 24.9. The van der Waals surface area contributed by atoms with Crippen molar-refractivity contribution in [2.24, 2.45) is 17.1 Å². The summed E-state index contributed by atoms with van der Waals surface area (Å²) in [5.41, 5.74) is 12.7.